The molecule has 0 fully saturated rings. The Morgan fingerprint density at radius 3 is 2.65 bits per heavy atom. The van der Waals surface area contributed by atoms with Crippen molar-refractivity contribution in [2.45, 2.75) is 19.7 Å². The first-order valence-corrected chi connectivity index (χ1v) is 10.4. The lowest BCUT2D eigenvalue weighted by Gasteiger charge is -2.17. The Morgan fingerprint density at radius 1 is 1.15 bits per heavy atom. The summed E-state index contributed by atoms with van der Waals surface area (Å²) in [5.74, 6) is 0.635. The van der Waals surface area contributed by atoms with Crippen LogP contribution in [0.25, 0.3) is 22.3 Å². The van der Waals surface area contributed by atoms with Crippen molar-refractivity contribution in [1.82, 2.24) is 19.5 Å². The molecule has 0 radical (unpaired) electrons. The molecule has 0 amide bonds. The highest BCUT2D eigenvalue weighted by molar-refractivity contribution is 5.80. The van der Waals surface area contributed by atoms with Crippen LogP contribution in [0.2, 0.25) is 0 Å². The summed E-state index contributed by atoms with van der Waals surface area (Å²) >= 11 is 0. The molecule has 1 aromatic carbocycles. The quantitative estimate of drug-likeness (QED) is 0.400. The molecule has 0 unspecified atom stereocenters. The Morgan fingerprint density at radius 2 is 1.94 bits per heavy atom. The largest absolute Gasteiger partial charge is 0.488 e. The van der Waals surface area contributed by atoms with Crippen molar-refractivity contribution >= 4 is 16.9 Å². The molecule has 0 N–H and O–H groups in total. The second kappa shape index (κ2) is 9.02. The summed E-state index contributed by atoms with van der Waals surface area (Å²) in [5, 5.41) is 9.15. The SMILES string of the molecule is CCN(C)c1cc(COc2ccc(-c3cc4c(cn3)nc(C#N)n4C)cc2C(F)(F)F)ccn1. The van der Waals surface area contributed by atoms with Crippen LogP contribution < -0.4 is 9.64 Å². The molecule has 3 heterocycles. The Balaban J connectivity index is 1.66. The lowest BCUT2D eigenvalue weighted by Crippen LogP contribution is -2.17. The fourth-order valence-corrected chi connectivity index (χ4v) is 3.47. The van der Waals surface area contributed by atoms with E-state index in [-0.39, 0.29) is 23.7 Å². The average Bonchev–Trinajstić information content (AvgIpc) is 3.16. The van der Waals surface area contributed by atoms with E-state index in [4.69, 9.17) is 10.00 Å². The number of anilines is 1. The highest BCUT2D eigenvalue weighted by Gasteiger charge is 2.35. The van der Waals surface area contributed by atoms with E-state index >= 15 is 0 Å². The summed E-state index contributed by atoms with van der Waals surface area (Å²) in [5.41, 5.74) is 1.51. The number of imidazole rings is 1. The monoisotopic (exact) mass is 466 g/mol. The van der Waals surface area contributed by atoms with Gasteiger partial charge in [0.2, 0.25) is 5.82 Å². The lowest BCUT2D eigenvalue weighted by atomic mass is 10.1. The minimum atomic E-state index is -4.62. The third kappa shape index (κ3) is 4.50. The molecule has 174 valence electrons. The number of nitriles is 1. The summed E-state index contributed by atoms with van der Waals surface area (Å²) in [6, 6.07) is 10.9. The number of benzene rings is 1. The standard InChI is InChI=1S/C24H21F3N6O/c1-4-32(2)22-9-15(7-8-29-22)14-34-21-6-5-16(10-17(21)24(25,26)27)18-11-20-19(13-30-18)31-23(12-28)33(20)3/h5-11,13H,4,14H2,1-3H3. The van der Waals surface area contributed by atoms with E-state index in [0.29, 0.717) is 28.1 Å². The minimum absolute atomic E-state index is 0.0360. The first kappa shape index (κ1) is 23.0. The molecule has 0 aliphatic rings. The van der Waals surface area contributed by atoms with Crippen molar-refractivity contribution in [1.29, 1.82) is 5.26 Å². The summed E-state index contributed by atoms with van der Waals surface area (Å²) < 4.78 is 48.8. The van der Waals surface area contributed by atoms with Gasteiger partial charge in [-0.1, -0.05) is 0 Å². The second-order valence-electron chi connectivity index (χ2n) is 7.70. The van der Waals surface area contributed by atoms with Crippen LogP contribution in [0, 0.1) is 11.3 Å². The number of rotatable bonds is 6. The van der Waals surface area contributed by atoms with Gasteiger partial charge in [0.25, 0.3) is 0 Å². The van der Waals surface area contributed by atoms with Gasteiger partial charge in [0, 0.05) is 32.4 Å². The molecule has 34 heavy (non-hydrogen) atoms. The normalized spacial score (nSPS) is 11.4. The predicted octanol–water partition coefficient (Wildman–Crippen LogP) is 4.96. The fourth-order valence-electron chi connectivity index (χ4n) is 3.47. The van der Waals surface area contributed by atoms with E-state index in [0.717, 1.165) is 12.6 Å². The van der Waals surface area contributed by atoms with Crippen molar-refractivity contribution < 1.29 is 17.9 Å². The molecule has 3 aromatic heterocycles. The number of nitrogens with zero attached hydrogens (tertiary/aromatic N) is 6. The third-order valence-corrected chi connectivity index (χ3v) is 5.52. The fraction of sp³-hybridized carbons (Fsp3) is 0.250. The summed E-state index contributed by atoms with van der Waals surface area (Å²) in [6.45, 7) is 2.69. The van der Waals surface area contributed by atoms with Crippen LogP contribution in [0.3, 0.4) is 0 Å². The Hall–Kier alpha value is -4.13. The zero-order valence-corrected chi connectivity index (χ0v) is 18.8. The molecule has 0 bridgehead atoms. The van der Waals surface area contributed by atoms with E-state index in [1.54, 1.807) is 36.0 Å². The molecule has 4 rings (SSSR count). The molecule has 7 nitrogen and oxygen atoms in total. The molecule has 0 atom stereocenters. The summed E-state index contributed by atoms with van der Waals surface area (Å²) in [6.07, 6.45) is -1.58. The van der Waals surface area contributed by atoms with Crippen LogP contribution in [0.1, 0.15) is 23.9 Å². The van der Waals surface area contributed by atoms with Gasteiger partial charge in [0.1, 0.15) is 29.8 Å². The van der Waals surface area contributed by atoms with E-state index in [1.807, 2.05) is 24.9 Å². The summed E-state index contributed by atoms with van der Waals surface area (Å²) in [4.78, 5) is 14.6. The van der Waals surface area contributed by atoms with Gasteiger partial charge in [0.15, 0.2) is 0 Å². The first-order valence-electron chi connectivity index (χ1n) is 10.4. The summed E-state index contributed by atoms with van der Waals surface area (Å²) in [7, 11) is 3.55. The van der Waals surface area contributed by atoms with Crippen LogP contribution in [0.5, 0.6) is 5.75 Å². The Bertz CT molecular complexity index is 1390. The number of alkyl halides is 3. The lowest BCUT2D eigenvalue weighted by molar-refractivity contribution is -0.139. The van der Waals surface area contributed by atoms with E-state index in [1.165, 1.54) is 18.3 Å². The van der Waals surface area contributed by atoms with Crippen LogP contribution in [0.4, 0.5) is 19.0 Å². The number of aromatic nitrogens is 4. The van der Waals surface area contributed by atoms with Gasteiger partial charge in [-0.15, -0.1) is 0 Å². The van der Waals surface area contributed by atoms with Crippen molar-refractivity contribution in [3.8, 4) is 23.1 Å². The van der Waals surface area contributed by atoms with Gasteiger partial charge in [0.05, 0.1) is 23.0 Å². The smallest absolute Gasteiger partial charge is 0.419 e. The molecule has 0 saturated heterocycles. The first-order chi connectivity index (χ1) is 16.2. The van der Waals surface area contributed by atoms with Crippen LogP contribution >= 0.6 is 0 Å². The number of hydrogen-bond acceptors (Lipinski definition) is 6. The Kier molecular flexibility index (Phi) is 6.11. The van der Waals surface area contributed by atoms with E-state index in [2.05, 4.69) is 15.0 Å². The minimum Gasteiger partial charge on any atom is -0.488 e. The molecular weight excluding hydrogens is 445 g/mol. The Labute approximate surface area is 194 Å². The molecule has 0 aliphatic heterocycles. The van der Waals surface area contributed by atoms with Gasteiger partial charge in [-0.05, 0) is 48.9 Å². The molecular formula is C24H21F3N6O. The number of hydrogen-bond donors (Lipinski definition) is 0. The number of aryl methyl sites for hydroxylation is 1. The van der Waals surface area contributed by atoms with E-state index < -0.39 is 11.7 Å². The van der Waals surface area contributed by atoms with Crippen molar-refractivity contribution in [2.75, 3.05) is 18.5 Å². The zero-order chi connectivity index (χ0) is 24.5. The van der Waals surface area contributed by atoms with Gasteiger partial charge < -0.3 is 14.2 Å². The van der Waals surface area contributed by atoms with Crippen molar-refractivity contribution in [2.24, 2.45) is 7.05 Å². The van der Waals surface area contributed by atoms with E-state index in [9.17, 15) is 13.2 Å². The van der Waals surface area contributed by atoms with Crippen LogP contribution in [0.15, 0.2) is 48.8 Å². The molecule has 0 spiro atoms. The number of fused-ring (bicyclic) bond motifs is 1. The average molecular weight is 466 g/mol. The van der Waals surface area contributed by atoms with Gasteiger partial charge in [-0.3, -0.25) is 4.98 Å². The van der Waals surface area contributed by atoms with Gasteiger partial charge >= 0.3 is 6.18 Å². The maximum atomic E-state index is 13.9. The highest BCUT2D eigenvalue weighted by atomic mass is 19.4. The van der Waals surface area contributed by atoms with Crippen molar-refractivity contribution in [3.63, 3.8) is 0 Å². The van der Waals surface area contributed by atoms with Gasteiger partial charge in [-0.2, -0.15) is 18.4 Å². The molecule has 0 saturated carbocycles. The maximum absolute atomic E-state index is 13.9. The van der Waals surface area contributed by atoms with Crippen molar-refractivity contribution in [3.05, 3.63) is 65.7 Å². The van der Waals surface area contributed by atoms with Crippen LogP contribution in [-0.4, -0.2) is 33.1 Å². The zero-order valence-electron chi connectivity index (χ0n) is 18.8. The second-order valence-corrected chi connectivity index (χ2v) is 7.70. The molecule has 0 aliphatic carbocycles. The molecule has 4 aromatic rings. The predicted molar refractivity (Wildman–Crippen MR) is 121 cm³/mol. The van der Waals surface area contributed by atoms with Gasteiger partial charge in [-0.25, -0.2) is 9.97 Å². The third-order valence-electron chi connectivity index (χ3n) is 5.52. The maximum Gasteiger partial charge on any atom is 0.419 e. The number of ether oxygens (including phenoxy) is 1. The molecule has 10 heteroatoms. The topological polar surface area (TPSA) is 79.9 Å². The number of pyridine rings is 2. The van der Waals surface area contributed by atoms with Crippen LogP contribution in [-0.2, 0) is 19.8 Å². The highest BCUT2D eigenvalue weighted by Crippen LogP contribution is 2.39. The number of halogens is 3.